The number of nitrogens with zero attached hydrogens (tertiary/aromatic N) is 5. The highest BCUT2D eigenvalue weighted by Crippen LogP contribution is 2.38. The highest BCUT2D eigenvalue weighted by molar-refractivity contribution is 5.81. The van der Waals surface area contributed by atoms with Crippen molar-refractivity contribution in [2.24, 2.45) is 5.92 Å². The van der Waals surface area contributed by atoms with E-state index in [1.807, 2.05) is 42.0 Å². The molecule has 0 atom stereocenters. The summed E-state index contributed by atoms with van der Waals surface area (Å²) in [4.78, 5) is 16.1. The van der Waals surface area contributed by atoms with E-state index in [9.17, 15) is 0 Å². The van der Waals surface area contributed by atoms with Crippen molar-refractivity contribution in [2.45, 2.75) is 19.8 Å². The molecule has 0 unspecified atom stereocenters. The molecule has 7 nitrogen and oxygen atoms in total. The first-order valence-electron chi connectivity index (χ1n) is 10.4. The van der Waals surface area contributed by atoms with Gasteiger partial charge in [-0.15, -0.1) is 0 Å². The minimum absolute atomic E-state index is 0.694. The van der Waals surface area contributed by atoms with Gasteiger partial charge in [0.2, 0.25) is 0 Å². The van der Waals surface area contributed by atoms with E-state index in [2.05, 4.69) is 27.0 Å². The molecular formula is C24H25N5O2. The number of hydrogen-bond donors (Lipinski definition) is 0. The molecule has 31 heavy (non-hydrogen) atoms. The molecule has 0 N–H and O–H groups in total. The number of rotatable bonds is 7. The van der Waals surface area contributed by atoms with Gasteiger partial charge in [0.1, 0.15) is 17.8 Å². The molecule has 2 aromatic heterocycles. The Labute approximate surface area is 181 Å². The quantitative estimate of drug-likeness (QED) is 0.436. The van der Waals surface area contributed by atoms with Gasteiger partial charge in [-0.2, -0.15) is 0 Å². The molecule has 5 rings (SSSR count). The predicted octanol–water partition coefficient (Wildman–Crippen LogP) is 4.69. The van der Waals surface area contributed by atoms with E-state index >= 15 is 0 Å². The number of ether oxygens (including phenoxy) is 2. The van der Waals surface area contributed by atoms with Crippen molar-refractivity contribution in [3.63, 3.8) is 0 Å². The maximum atomic E-state index is 5.50. The summed E-state index contributed by atoms with van der Waals surface area (Å²) in [6, 6.07) is 12.2. The number of anilines is 2. The number of benzene rings is 2. The third-order valence-corrected chi connectivity index (χ3v) is 5.59. The number of aryl methyl sites for hydroxylation is 1. The van der Waals surface area contributed by atoms with E-state index < -0.39 is 0 Å². The Bertz CT molecular complexity index is 1210. The summed E-state index contributed by atoms with van der Waals surface area (Å²) in [6.45, 7) is 2.90. The molecule has 1 saturated carbocycles. The average molecular weight is 415 g/mol. The summed E-state index contributed by atoms with van der Waals surface area (Å²) in [5.41, 5.74) is 4.76. The van der Waals surface area contributed by atoms with Gasteiger partial charge >= 0.3 is 0 Å². The van der Waals surface area contributed by atoms with Crippen molar-refractivity contribution >= 4 is 22.4 Å². The van der Waals surface area contributed by atoms with Crippen LogP contribution in [0.4, 0.5) is 11.4 Å². The van der Waals surface area contributed by atoms with E-state index in [4.69, 9.17) is 14.5 Å². The van der Waals surface area contributed by atoms with Crippen LogP contribution in [0.5, 0.6) is 11.5 Å². The van der Waals surface area contributed by atoms with Gasteiger partial charge in [0, 0.05) is 42.3 Å². The number of methoxy groups -OCH3 is 2. The normalized spacial score (nSPS) is 13.4. The molecule has 1 aliphatic carbocycles. The van der Waals surface area contributed by atoms with Crippen molar-refractivity contribution in [3.05, 3.63) is 60.8 Å². The van der Waals surface area contributed by atoms with Gasteiger partial charge in [-0.1, -0.05) is 0 Å². The molecule has 4 aromatic rings. The predicted molar refractivity (Wildman–Crippen MR) is 121 cm³/mol. The average Bonchev–Trinajstić information content (AvgIpc) is 3.53. The molecule has 158 valence electrons. The minimum Gasteiger partial charge on any atom is -0.497 e. The van der Waals surface area contributed by atoms with Crippen LogP contribution < -0.4 is 14.4 Å². The van der Waals surface area contributed by atoms with Crippen molar-refractivity contribution in [3.8, 4) is 17.3 Å². The fourth-order valence-corrected chi connectivity index (χ4v) is 3.70. The molecule has 1 aliphatic rings. The highest BCUT2D eigenvalue weighted by Gasteiger charge is 2.26. The molecule has 0 saturated heterocycles. The maximum Gasteiger partial charge on any atom is 0.157 e. The molecule has 1 fully saturated rings. The Kier molecular flexibility index (Phi) is 4.94. The maximum absolute atomic E-state index is 5.50. The lowest BCUT2D eigenvalue weighted by molar-refractivity contribution is 0.394. The van der Waals surface area contributed by atoms with Crippen molar-refractivity contribution in [1.82, 2.24) is 19.5 Å². The first-order valence-corrected chi connectivity index (χ1v) is 10.4. The molecule has 2 aromatic carbocycles. The van der Waals surface area contributed by atoms with Crippen LogP contribution in [0.3, 0.4) is 0 Å². The second-order valence-electron chi connectivity index (χ2n) is 7.95. The zero-order valence-corrected chi connectivity index (χ0v) is 17.9. The molecule has 0 amide bonds. The Hall–Kier alpha value is -3.61. The monoisotopic (exact) mass is 415 g/mol. The van der Waals surface area contributed by atoms with Crippen LogP contribution in [0.25, 0.3) is 16.9 Å². The summed E-state index contributed by atoms with van der Waals surface area (Å²) in [5, 5.41) is 0. The SMILES string of the molecule is COc1cc(OC)cc(N(CC2CC2)c2ccc3ncc(-n4cnc(C)c4)nc3c2)c1. The van der Waals surface area contributed by atoms with Crippen molar-refractivity contribution in [1.29, 1.82) is 0 Å². The number of aromatic nitrogens is 4. The zero-order chi connectivity index (χ0) is 21.4. The van der Waals surface area contributed by atoms with E-state index in [0.717, 1.165) is 52.0 Å². The number of fused-ring (bicyclic) bond motifs is 1. The first kappa shape index (κ1) is 19.4. The summed E-state index contributed by atoms with van der Waals surface area (Å²) in [6.07, 6.45) is 8.00. The Balaban J connectivity index is 1.58. The van der Waals surface area contributed by atoms with Gasteiger partial charge in [-0.05, 0) is 43.9 Å². The Morgan fingerprint density at radius 1 is 0.968 bits per heavy atom. The van der Waals surface area contributed by atoms with Crippen LogP contribution >= 0.6 is 0 Å². The molecule has 0 spiro atoms. The van der Waals surface area contributed by atoms with E-state index in [0.29, 0.717) is 5.92 Å². The lowest BCUT2D eigenvalue weighted by Crippen LogP contribution is -2.20. The molecule has 0 aliphatic heterocycles. The van der Waals surface area contributed by atoms with E-state index in [1.165, 1.54) is 12.8 Å². The standard InChI is InChI=1S/C24H25N5O2/c1-16-13-28(15-26-16)24-12-25-22-7-6-18(10-23(22)27-24)29(14-17-4-5-17)19-8-20(30-2)11-21(9-19)31-3/h6-13,15,17H,4-5,14H2,1-3H3. The van der Waals surface area contributed by atoms with Gasteiger partial charge in [0.25, 0.3) is 0 Å². The van der Waals surface area contributed by atoms with Gasteiger partial charge in [0.15, 0.2) is 5.82 Å². The number of imidazole rings is 1. The smallest absolute Gasteiger partial charge is 0.157 e. The highest BCUT2D eigenvalue weighted by atomic mass is 16.5. The first-order chi connectivity index (χ1) is 15.1. The fourth-order valence-electron chi connectivity index (χ4n) is 3.70. The summed E-state index contributed by atoms with van der Waals surface area (Å²) in [5.74, 6) is 2.99. The summed E-state index contributed by atoms with van der Waals surface area (Å²) < 4.78 is 12.9. The van der Waals surface area contributed by atoms with Crippen LogP contribution in [0.15, 0.2) is 55.1 Å². The van der Waals surface area contributed by atoms with Gasteiger partial charge in [0.05, 0.1) is 37.1 Å². The molecule has 7 heteroatoms. The van der Waals surface area contributed by atoms with Crippen LogP contribution in [0, 0.1) is 12.8 Å². The molecule has 0 bridgehead atoms. The second kappa shape index (κ2) is 7.91. The number of hydrogen-bond acceptors (Lipinski definition) is 6. The van der Waals surface area contributed by atoms with Crippen LogP contribution in [0.2, 0.25) is 0 Å². The topological polar surface area (TPSA) is 65.3 Å². The lowest BCUT2D eigenvalue weighted by atomic mass is 10.2. The third kappa shape index (κ3) is 4.03. The third-order valence-electron chi connectivity index (χ3n) is 5.59. The Morgan fingerprint density at radius 2 is 1.74 bits per heavy atom. The van der Waals surface area contributed by atoms with Crippen LogP contribution in [-0.4, -0.2) is 40.3 Å². The second-order valence-corrected chi connectivity index (χ2v) is 7.95. The van der Waals surface area contributed by atoms with E-state index in [-0.39, 0.29) is 0 Å². The van der Waals surface area contributed by atoms with Gasteiger partial charge < -0.3 is 14.4 Å². The molecule has 0 radical (unpaired) electrons. The molecule has 2 heterocycles. The largest absolute Gasteiger partial charge is 0.497 e. The lowest BCUT2D eigenvalue weighted by Gasteiger charge is -2.26. The molecular weight excluding hydrogens is 390 g/mol. The minimum atomic E-state index is 0.694. The zero-order valence-electron chi connectivity index (χ0n) is 17.9. The van der Waals surface area contributed by atoms with Gasteiger partial charge in [-0.3, -0.25) is 9.55 Å². The summed E-state index contributed by atoms with van der Waals surface area (Å²) in [7, 11) is 3.35. The van der Waals surface area contributed by atoms with Gasteiger partial charge in [-0.25, -0.2) is 9.97 Å². The van der Waals surface area contributed by atoms with Crippen molar-refractivity contribution in [2.75, 3.05) is 25.7 Å². The van der Waals surface area contributed by atoms with Crippen molar-refractivity contribution < 1.29 is 9.47 Å². The summed E-state index contributed by atoms with van der Waals surface area (Å²) >= 11 is 0. The fraction of sp³-hybridized carbons (Fsp3) is 0.292. The Morgan fingerprint density at radius 3 is 2.39 bits per heavy atom. The van der Waals surface area contributed by atoms with Crippen LogP contribution in [-0.2, 0) is 0 Å². The van der Waals surface area contributed by atoms with E-state index in [1.54, 1.807) is 26.7 Å². The van der Waals surface area contributed by atoms with Crippen LogP contribution in [0.1, 0.15) is 18.5 Å².